The molecule has 0 N–H and O–H groups in total. The van der Waals surface area contributed by atoms with E-state index < -0.39 is 5.97 Å². The van der Waals surface area contributed by atoms with Gasteiger partial charge < -0.3 is 9.47 Å². The highest BCUT2D eigenvalue weighted by molar-refractivity contribution is 6.26. The first-order valence-electron chi connectivity index (χ1n) is 10.3. The monoisotopic (exact) mass is 402 g/mol. The van der Waals surface area contributed by atoms with Crippen LogP contribution in [-0.2, 0) is 4.79 Å². The third kappa shape index (κ3) is 8.35. The topological polar surface area (TPSA) is 35.5 Å². The van der Waals surface area contributed by atoms with Gasteiger partial charge in [0.05, 0.1) is 6.61 Å². The fourth-order valence-electron chi connectivity index (χ4n) is 3.04. The quantitative estimate of drug-likeness (QED) is 0.156. The maximum Gasteiger partial charge on any atom is 0.326 e. The number of alkyl halides is 1. The van der Waals surface area contributed by atoms with E-state index in [1.54, 1.807) is 12.1 Å². The normalized spacial score (nSPS) is 10.6. The molecule has 4 heteroatoms. The molecule has 28 heavy (non-hydrogen) atoms. The molecule has 2 rings (SSSR count). The summed E-state index contributed by atoms with van der Waals surface area (Å²) in [6.07, 6.45) is 10.4. The molecular formula is C24H31ClO3. The van der Waals surface area contributed by atoms with Crippen LogP contribution in [0.25, 0.3) is 11.1 Å². The van der Waals surface area contributed by atoms with Gasteiger partial charge in [-0.2, -0.15) is 0 Å². The van der Waals surface area contributed by atoms with Crippen LogP contribution in [0, 0.1) is 0 Å². The van der Waals surface area contributed by atoms with Crippen LogP contribution in [0.4, 0.5) is 0 Å². The molecule has 0 aliphatic rings. The summed E-state index contributed by atoms with van der Waals surface area (Å²) < 4.78 is 10.9. The van der Waals surface area contributed by atoms with E-state index in [2.05, 4.69) is 6.92 Å². The van der Waals surface area contributed by atoms with Gasteiger partial charge in [0, 0.05) is 0 Å². The SMILES string of the molecule is CCCCCCCCCCOc1ccc(-c2ccc(OC(=O)CCl)cc2)cc1. The maximum absolute atomic E-state index is 11.2. The summed E-state index contributed by atoms with van der Waals surface area (Å²) in [6, 6.07) is 15.5. The summed E-state index contributed by atoms with van der Waals surface area (Å²) in [5, 5.41) is 0. The average Bonchev–Trinajstić information content (AvgIpc) is 2.73. The average molecular weight is 403 g/mol. The lowest BCUT2D eigenvalue weighted by Crippen LogP contribution is -2.08. The van der Waals surface area contributed by atoms with Crippen molar-refractivity contribution < 1.29 is 14.3 Å². The number of carbonyl (C=O) groups is 1. The summed E-state index contributed by atoms with van der Waals surface area (Å²) in [5.41, 5.74) is 2.15. The molecule has 0 bridgehead atoms. The molecule has 0 saturated carbocycles. The van der Waals surface area contributed by atoms with Crippen LogP contribution in [-0.4, -0.2) is 18.5 Å². The minimum absolute atomic E-state index is 0.151. The van der Waals surface area contributed by atoms with E-state index in [1.165, 1.54) is 44.9 Å². The highest BCUT2D eigenvalue weighted by Crippen LogP contribution is 2.25. The molecule has 0 aliphatic carbocycles. The van der Waals surface area contributed by atoms with Crippen molar-refractivity contribution >= 4 is 17.6 Å². The lowest BCUT2D eigenvalue weighted by molar-refractivity contribution is -0.131. The molecule has 0 aliphatic heterocycles. The Balaban J connectivity index is 1.69. The predicted molar refractivity (Wildman–Crippen MR) is 116 cm³/mol. The summed E-state index contributed by atoms with van der Waals surface area (Å²) >= 11 is 5.44. The zero-order valence-electron chi connectivity index (χ0n) is 16.8. The second-order valence-electron chi connectivity index (χ2n) is 6.98. The maximum atomic E-state index is 11.2. The Kier molecular flexibility index (Phi) is 10.5. The first-order valence-corrected chi connectivity index (χ1v) is 10.9. The van der Waals surface area contributed by atoms with Gasteiger partial charge in [0.15, 0.2) is 0 Å². The van der Waals surface area contributed by atoms with Gasteiger partial charge in [0.25, 0.3) is 0 Å². The first kappa shape index (κ1) is 22.3. The van der Waals surface area contributed by atoms with Gasteiger partial charge in [0.2, 0.25) is 0 Å². The number of halogens is 1. The number of rotatable bonds is 13. The molecule has 0 fully saturated rings. The molecule has 0 amide bonds. The Hall–Kier alpha value is -2.00. The van der Waals surface area contributed by atoms with E-state index in [9.17, 15) is 4.79 Å². The van der Waals surface area contributed by atoms with Crippen LogP contribution >= 0.6 is 11.6 Å². The molecular weight excluding hydrogens is 372 g/mol. The van der Waals surface area contributed by atoms with Gasteiger partial charge in [0.1, 0.15) is 17.4 Å². The number of hydrogen-bond acceptors (Lipinski definition) is 3. The molecule has 0 unspecified atom stereocenters. The second-order valence-corrected chi connectivity index (χ2v) is 7.25. The standard InChI is InChI=1S/C24H31ClO3/c1-2-3-4-5-6-7-8-9-18-27-22-14-10-20(11-15-22)21-12-16-23(17-13-21)28-24(26)19-25/h10-17H,2-9,18-19H2,1H3. The van der Waals surface area contributed by atoms with Crippen LogP contribution in [0.3, 0.4) is 0 Å². The number of esters is 1. The van der Waals surface area contributed by atoms with Gasteiger partial charge in [-0.25, -0.2) is 0 Å². The molecule has 0 atom stereocenters. The third-order valence-electron chi connectivity index (χ3n) is 4.65. The Labute approximate surface area is 174 Å². The van der Waals surface area contributed by atoms with E-state index >= 15 is 0 Å². The Morgan fingerprint density at radius 1 is 0.750 bits per heavy atom. The first-order chi connectivity index (χ1) is 13.7. The van der Waals surface area contributed by atoms with Gasteiger partial charge in [-0.1, -0.05) is 76.1 Å². The molecule has 3 nitrogen and oxygen atoms in total. The smallest absolute Gasteiger partial charge is 0.326 e. The summed E-state index contributed by atoms with van der Waals surface area (Å²) in [4.78, 5) is 11.2. The highest BCUT2D eigenvalue weighted by atomic mass is 35.5. The van der Waals surface area contributed by atoms with Crippen LogP contribution in [0.2, 0.25) is 0 Å². The predicted octanol–water partition coefficient (Wildman–Crippen LogP) is 7.02. The molecule has 0 heterocycles. The van der Waals surface area contributed by atoms with Crippen molar-refractivity contribution in [1.82, 2.24) is 0 Å². The Morgan fingerprint density at radius 2 is 1.25 bits per heavy atom. The number of carbonyl (C=O) groups excluding carboxylic acids is 1. The summed E-state index contributed by atoms with van der Waals surface area (Å²) in [5.74, 6) is 0.800. The number of benzene rings is 2. The molecule has 0 saturated heterocycles. The molecule has 0 spiro atoms. The lowest BCUT2D eigenvalue weighted by atomic mass is 10.1. The third-order valence-corrected chi connectivity index (χ3v) is 4.87. The molecule has 152 valence electrons. The van der Waals surface area contributed by atoms with Crippen molar-refractivity contribution in [3.05, 3.63) is 48.5 Å². The fraction of sp³-hybridized carbons (Fsp3) is 0.458. The largest absolute Gasteiger partial charge is 0.494 e. The van der Waals surface area contributed by atoms with E-state index in [4.69, 9.17) is 21.1 Å². The van der Waals surface area contributed by atoms with Gasteiger partial charge in [-0.15, -0.1) is 11.6 Å². The van der Waals surface area contributed by atoms with Crippen LogP contribution < -0.4 is 9.47 Å². The van der Waals surface area contributed by atoms with Gasteiger partial charge in [-0.05, 0) is 41.8 Å². The second kappa shape index (κ2) is 13.2. The van der Waals surface area contributed by atoms with Gasteiger partial charge in [-0.3, -0.25) is 4.79 Å². The van der Waals surface area contributed by atoms with Crippen LogP contribution in [0.1, 0.15) is 58.3 Å². The zero-order valence-corrected chi connectivity index (χ0v) is 17.5. The molecule has 2 aromatic carbocycles. The lowest BCUT2D eigenvalue weighted by Gasteiger charge is -2.08. The number of hydrogen-bond donors (Lipinski definition) is 0. The van der Waals surface area contributed by atoms with Crippen molar-refractivity contribution in [2.75, 3.05) is 12.5 Å². The minimum atomic E-state index is -0.451. The molecule has 2 aromatic rings. The van der Waals surface area contributed by atoms with Crippen molar-refractivity contribution in [2.24, 2.45) is 0 Å². The minimum Gasteiger partial charge on any atom is -0.494 e. The zero-order chi connectivity index (χ0) is 20.0. The Morgan fingerprint density at radius 3 is 1.79 bits per heavy atom. The van der Waals surface area contributed by atoms with Crippen molar-refractivity contribution in [1.29, 1.82) is 0 Å². The van der Waals surface area contributed by atoms with Gasteiger partial charge >= 0.3 is 5.97 Å². The van der Waals surface area contributed by atoms with Crippen molar-refractivity contribution in [3.8, 4) is 22.6 Å². The fourth-order valence-corrected chi connectivity index (χ4v) is 3.10. The summed E-state index contributed by atoms with van der Waals surface area (Å²) in [7, 11) is 0. The van der Waals surface area contributed by atoms with E-state index in [0.29, 0.717) is 5.75 Å². The van der Waals surface area contributed by atoms with Crippen molar-refractivity contribution in [2.45, 2.75) is 58.3 Å². The summed E-state index contributed by atoms with van der Waals surface area (Å²) in [6.45, 7) is 3.02. The van der Waals surface area contributed by atoms with E-state index in [-0.39, 0.29) is 5.88 Å². The number of unbranched alkanes of at least 4 members (excludes halogenated alkanes) is 7. The number of ether oxygens (including phenoxy) is 2. The van der Waals surface area contributed by atoms with E-state index in [1.807, 2.05) is 36.4 Å². The molecule has 0 radical (unpaired) electrons. The molecule has 0 aromatic heterocycles. The Bertz CT molecular complexity index is 680. The highest BCUT2D eigenvalue weighted by Gasteiger charge is 2.04. The van der Waals surface area contributed by atoms with Crippen LogP contribution in [0.5, 0.6) is 11.5 Å². The van der Waals surface area contributed by atoms with Crippen molar-refractivity contribution in [3.63, 3.8) is 0 Å². The van der Waals surface area contributed by atoms with E-state index in [0.717, 1.165) is 29.9 Å². The van der Waals surface area contributed by atoms with Crippen LogP contribution in [0.15, 0.2) is 48.5 Å².